The quantitative estimate of drug-likeness (QED) is 0.302. The standard InChI is InChI=1S/C26H31N2OSSe/c1-7-19(14-25-27(8-2)21-12-17(4)18(5)13-23(21)30-25)15-26-28(9-3)22-16-20(29-6)10-11-24(22)31-26/h10-16H,7-9H2,1-6H3/q+1. The summed E-state index contributed by atoms with van der Waals surface area (Å²) >= 11 is 2.22. The Labute approximate surface area is 196 Å². The van der Waals surface area contributed by atoms with E-state index in [4.69, 9.17) is 4.74 Å². The summed E-state index contributed by atoms with van der Waals surface area (Å²) < 4.78 is 10.8. The molecule has 3 aromatic rings. The average Bonchev–Trinajstić information content (AvgIpc) is 3.28. The van der Waals surface area contributed by atoms with E-state index in [1.54, 1.807) is 7.11 Å². The van der Waals surface area contributed by atoms with E-state index in [-0.39, 0.29) is 0 Å². The molecule has 1 aliphatic rings. The van der Waals surface area contributed by atoms with Crippen molar-refractivity contribution in [2.24, 2.45) is 0 Å². The summed E-state index contributed by atoms with van der Waals surface area (Å²) in [6.07, 6.45) is 5.85. The van der Waals surface area contributed by atoms with Crippen LogP contribution in [0.15, 0.2) is 51.9 Å². The Kier molecular flexibility index (Phi) is 6.66. The number of aryl methyl sites for hydroxylation is 3. The molecular weight excluding hydrogens is 467 g/mol. The van der Waals surface area contributed by atoms with Gasteiger partial charge < -0.3 is 0 Å². The SMILES string of the molecule is CCC(=C/c1[se]c2ccc(OC)cc2[n+]1CC)/C=C1\Sc2cc(C)c(C)cc2N1CC. The van der Waals surface area contributed by atoms with Crippen molar-refractivity contribution in [3.63, 3.8) is 0 Å². The molecule has 1 aliphatic heterocycles. The summed E-state index contributed by atoms with van der Waals surface area (Å²) in [5.74, 6) is 0.931. The van der Waals surface area contributed by atoms with Crippen LogP contribution in [0, 0.1) is 13.8 Å². The molecule has 162 valence electrons. The maximum absolute atomic E-state index is 5.47. The Hall–Kier alpha value is -1.94. The van der Waals surface area contributed by atoms with E-state index in [9.17, 15) is 0 Å². The molecule has 0 fully saturated rings. The second-order valence-corrected chi connectivity index (χ2v) is 11.1. The zero-order valence-corrected chi connectivity index (χ0v) is 21.8. The van der Waals surface area contributed by atoms with Gasteiger partial charge in [-0.1, -0.05) is 0 Å². The molecule has 0 amide bonds. The van der Waals surface area contributed by atoms with Crippen LogP contribution in [0.1, 0.15) is 42.9 Å². The van der Waals surface area contributed by atoms with Crippen molar-refractivity contribution in [2.75, 3.05) is 18.6 Å². The van der Waals surface area contributed by atoms with Gasteiger partial charge in [0.15, 0.2) is 0 Å². The summed E-state index contributed by atoms with van der Waals surface area (Å²) in [6.45, 7) is 13.1. The van der Waals surface area contributed by atoms with Crippen LogP contribution >= 0.6 is 11.8 Å². The second kappa shape index (κ2) is 9.28. The zero-order chi connectivity index (χ0) is 22.1. The summed E-state index contributed by atoms with van der Waals surface area (Å²) in [5, 5.41) is 1.34. The fourth-order valence-electron chi connectivity index (χ4n) is 3.99. The predicted octanol–water partition coefficient (Wildman–Crippen LogP) is 6.10. The fourth-order valence-corrected chi connectivity index (χ4v) is 7.76. The molecule has 0 atom stereocenters. The maximum atomic E-state index is 5.47. The number of thioether (sulfide) groups is 1. The van der Waals surface area contributed by atoms with Gasteiger partial charge in [0, 0.05) is 0 Å². The molecule has 0 aliphatic carbocycles. The van der Waals surface area contributed by atoms with Crippen LogP contribution in [0.25, 0.3) is 15.9 Å². The number of rotatable bonds is 6. The van der Waals surface area contributed by atoms with Gasteiger partial charge in [0.25, 0.3) is 0 Å². The molecule has 5 heteroatoms. The van der Waals surface area contributed by atoms with Gasteiger partial charge >= 0.3 is 197 Å². The molecular formula is C26H31N2OSSe+. The van der Waals surface area contributed by atoms with Crippen LogP contribution in [-0.2, 0) is 6.54 Å². The summed E-state index contributed by atoms with van der Waals surface area (Å²) in [7, 11) is 1.74. The van der Waals surface area contributed by atoms with Crippen molar-refractivity contribution >= 4 is 47.8 Å². The molecule has 1 aromatic heterocycles. The van der Waals surface area contributed by atoms with Gasteiger partial charge in [-0.2, -0.15) is 0 Å². The summed E-state index contributed by atoms with van der Waals surface area (Å²) in [4.78, 5) is 3.83. The number of nitrogens with zero attached hydrogens (tertiary/aromatic N) is 2. The zero-order valence-electron chi connectivity index (χ0n) is 19.3. The third kappa shape index (κ3) is 4.24. The first-order valence-electron chi connectivity index (χ1n) is 11.0. The van der Waals surface area contributed by atoms with Crippen LogP contribution in [0.3, 0.4) is 0 Å². The van der Waals surface area contributed by atoms with Gasteiger partial charge in [0.05, 0.1) is 0 Å². The van der Waals surface area contributed by atoms with E-state index in [0.29, 0.717) is 14.5 Å². The number of methoxy groups -OCH3 is 1. The van der Waals surface area contributed by atoms with E-state index in [1.165, 1.54) is 46.7 Å². The molecule has 0 saturated carbocycles. The van der Waals surface area contributed by atoms with Crippen LogP contribution in [0.2, 0.25) is 0 Å². The van der Waals surface area contributed by atoms with E-state index >= 15 is 0 Å². The van der Waals surface area contributed by atoms with E-state index < -0.39 is 0 Å². The van der Waals surface area contributed by atoms with Gasteiger partial charge in [-0.15, -0.1) is 0 Å². The molecule has 0 N–H and O–H groups in total. The van der Waals surface area contributed by atoms with E-state index in [1.807, 2.05) is 11.8 Å². The molecule has 0 radical (unpaired) electrons. The van der Waals surface area contributed by atoms with Crippen LogP contribution < -0.4 is 14.2 Å². The summed E-state index contributed by atoms with van der Waals surface area (Å²) in [5.41, 5.74) is 6.77. The monoisotopic (exact) mass is 499 g/mol. The Morgan fingerprint density at radius 2 is 1.90 bits per heavy atom. The molecule has 0 saturated heterocycles. The minimum absolute atomic E-state index is 0.320. The number of allylic oxidation sites excluding steroid dienone is 2. The first-order valence-corrected chi connectivity index (χ1v) is 13.5. The third-order valence-electron chi connectivity index (χ3n) is 5.94. The van der Waals surface area contributed by atoms with Crippen molar-refractivity contribution in [1.82, 2.24) is 0 Å². The van der Waals surface area contributed by atoms with Crippen molar-refractivity contribution in [3.05, 3.63) is 62.7 Å². The van der Waals surface area contributed by atoms with Crippen LogP contribution in [0.5, 0.6) is 5.75 Å². The van der Waals surface area contributed by atoms with E-state index in [2.05, 4.69) is 86.6 Å². The number of fused-ring (bicyclic) bond motifs is 2. The molecule has 3 nitrogen and oxygen atoms in total. The number of ether oxygens (including phenoxy) is 1. The van der Waals surface area contributed by atoms with Crippen LogP contribution in [0.4, 0.5) is 5.69 Å². The van der Waals surface area contributed by atoms with Crippen molar-refractivity contribution in [2.45, 2.75) is 52.5 Å². The van der Waals surface area contributed by atoms with E-state index in [0.717, 1.165) is 25.3 Å². The number of hydrogen-bond acceptors (Lipinski definition) is 3. The fraction of sp³-hybridized carbons (Fsp3) is 0.346. The Morgan fingerprint density at radius 3 is 2.58 bits per heavy atom. The van der Waals surface area contributed by atoms with Crippen molar-refractivity contribution in [1.29, 1.82) is 0 Å². The Morgan fingerprint density at radius 1 is 1.13 bits per heavy atom. The predicted molar refractivity (Wildman–Crippen MR) is 134 cm³/mol. The molecule has 0 bridgehead atoms. The molecule has 2 aromatic carbocycles. The van der Waals surface area contributed by atoms with Gasteiger partial charge in [-0.3, -0.25) is 0 Å². The normalized spacial score (nSPS) is 15.2. The Bertz CT molecular complexity index is 1190. The van der Waals surface area contributed by atoms with Gasteiger partial charge in [-0.25, -0.2) is 0 Å². The molecule has 0 spiro atoms. The second-order valence-electron chi connectivity index (χ2n) is 7.82. The van der Waals surface area contributed by atoms with Gasteiger partial charge in [-0.05, 0) is 0 Å². The third-order valence-corrected chi connectivity index (χ3v) is 9.37. The number of benzene rings is 2. The first kappa shape index (κ1) is 22.3. The topological polar surface area (TPSA) is 16.4 Å². The van der Waals surface area contributed by atoms with Gasteiger partial charge in [0.2, 0.25) is 0 Å². The minimum atomic E-state index is 0.320. The summed E-state index contributed by atoms with van der Waals surface area (Å²) in [6, 6.07) is 11.2. The molecule has 0 unspecified atom stereocenters. The first-order chi connectivity index (χ1) is 15.0. The molecule has 31 heavy (non-hydrogen) atoms. The average molecular weight is 499 g/mol. The van der Waals surface area contributed by atoms with Crippen LogP contribution in [-0.4, -0.2) is 28.2 Å². The number of aromatic nitrogens is 1. The van der Waals surface area contributed by atoms with Crippen molar-refractivity contribution < 1.29 is 9.30 Å². The number of anilines is 1. The van der Waals surface area contributed by atoms with Crippen molar-refractivity contribution in [3.8, 4) is 5.75 Å². The Balaban J connectivity index is 1.75. The number of hydrogen-bond donors (Lipinski definition) is 0. The molecule has 4 rings (SSSR count). The van der Waals surface area contributed by atoms with Gasteiger partial charge in [0.1, 0.15) is 0 Å². The molecule has 2 heterocycles.